The average Bonchev–Trinajstić information content (AvgIpc) is 3.18. The smallest absolute Gasteiger partial charge is 0.223 e. The highest BCUT2D eigenvalue weighted by Gasteiger charge is 2.34. The van der Waals surface area contributed by atoms with E-state index in [4.69, 9.17) is 14.2 Å². The van der Waals surface area contributed by atoms with Crippen molar-refractivity contribution in [3.05, 3.63) is 0 Å². The lowest BCUT2D eigenvalue weighted by atomic mass is 10.2. The molecule has 0 aromatic heterocycles. The summed E-state index contributed by atoms with van der Waals surface area (Å²) in [6.07, 6.45) is 2.97. The zero-order valence-corrected chi connectivity index (χ0v) is 19.9. The van der Waals surface area contributed by atoms with Crippen molar-refractivity contribution in [2.24, 2.45) is 0 Å². The second kappa shape index (κ2) is 18.1. The monoisotopic (exact) mass is 466 g/mol. The van der Waals surface area contributed by atoms with Crippen LogP contribution in [-0.2, 0) is 23.8 Å². The average molecular weight is 467 g/mol. The number of nitrogens with zero attached hydrogens (tertiary/aromatic N) is 1. The summed E-state index contributed by atoms with van der Waals surface area (Å²) in [7, 11) is 5.14. The molecule has 1 fully saturated rings. The summed E-state index contributed by atoms with van der Waals surface area (Å²) >= 11 is 0. The molecule has 1 heterocycles. The Morgan fingerprint density at radius 1 is 1.10 bits per heavy atom. The van der Waals surface area contributed by atoms with Crippen molar-refractivity contribution in [1.82, 2.24) is 10.2 Å². The van der Waals surface area contributed by atoms with Crippen molar-refractivity contribution in [1.29, 1.82) is 0 Å². The molecule has 1 aliphatic heterocycles. The van der Waals surface area contributed by atoms with Crippen LogP contribution in [0.15, 0.2) is 0 Å². The van der Waals surface area contributed by atoms with E-state index in [2.05, 4.69) is 5.32 Å². The number of methoxy groups -OCH3 is 1. The van der Waals surface area contributed by atoms with Crippen molar-refractivity contribution in [3.63, 3.8) is 0 Å². The number of aliphatic hydroxyl groups excluding tert-OH is 1. The summed E-state index contributed by atoms with van der Waals surface area (Å²) in [5.41, 5.74) is 0. The Kier molecular flexibility index (Phi) is 16.6. The molecule has 10 heteroatoms. The molecule has 1 rings (SSSR count). The Morgan fingerprint density at radius 2 is 1.87 bits per heavy atom. The minimum atomic E-state index is -0.158. The third-order valence-corrected chi connectivity index (χ3v) is 7.19. The molecule has 0 spiro atoms. The summed E-state index contributed by atoms with van der Waals surface area (Å²) in [6, 6.07) is -0.158. The van der Waals surface area contributed by atoms with Crippen LogP contribution in [0.25, 0.3) is 0 Å². The summed E-state index contributed by atoms with van der Waals surface area (Å²) in [6.45, 7) is 5.67. The van der Waals surface area contributed by atoms with Crippen LogP contribution in [0.4, 0.5) is 0 Å². The van der Waals surface area contributed by atoms with E-state index in [1.165, 1.54) is 0 Å². The Hall–Kier alpha value is -0.520. The first-order chi connectivity index (χ1) is 14.6. The van der Waals surface area contributed by atoms with Gasteiger partial charge < -0.3 is 29.5 Å². The molecule has 1 saturated heterocycles. The molecule has 0 bridgehead atoms. The van der Waals surface area contributed by atoms with Crippen molar-refractivity contribution in [2.75, 3.05) is 64.7 Å². The van der Waals surface area contributed by atoms with Crippen LogP contribution >= 0.6 is 21.6 Å². The van der Waals surface area contributed by atoms with Gasteiger partial charge in [0.1, 0.15) is 0 Å². The molecule has 0 aromatic carbocycles. The number of rotatable bonds is 18. The molecule has 0 radical (unpaired) electrons. The molecule has 0 saturated carbocycles. The summed E-state index contributed by atoms with van der Waals surface area (Å²) < 4.78 is 15.9. The minimum absolute atomic E-state index is 0.00485. The fourth-order valence-corrected chi connectivity index (χ4v) is 5.04. The van der Waals surface area contributed by atoms with Gasteiger partial charge in [-0.25, -0.2) is 0 Å². The largest absolute Gasteiger partial charge is 0.394 e. The van der Waals surface area contributed by atoms with Crippen LogP contribution in [0.3, 0.4) is 0 Å². The fourth-order valence-electron chi connectivity index (χ4n) is 3.09. The Bertz CT molecular complexity index is 473. The lowest BCUT2D eigenvalue weighted by Crippen LogP contribution is -2.38. The maximum atomic E-state index is 12.3. The van der Waals surface area contributed by atoms with Gasteiger partial charge >= 0.3 is 0 Å². The van der Waals surface area contributed by atoms with Gasteiger partial charge in [0, 0.05) is 51.2 Å². The SMILES string of the molecule is CCOCCOCCSSCCCC(=O)NCCCC(=O)N1C[C@@H](OC)C[C@@H]1CO. The van der Waals surface area contributed by atoms with Crippen LogP contribution in [0.1, 0.15) is 39.0 Å². The molecule has 176 valence electrons. The lowest BCUT2D eigenvalue weighted by Gasteiger charge is -2.22. The Morgan fingerprint density at radius 3 is 2.60 bits per heavy atom. The first-order valence-electron chi connectivity index (χ1n) is 10.7. The number of hydrogen-bond donors (Lipinski definition) is 2. The molecular formula is C20H38N2O6S2. The molecule has 0 unspecified atom stereocenters. The lowest BCUT2D eigenvalue weighted by molar-refractivity contribution is -0.133. The van der Waals surface area contributed by atoms with Crippen LogP contribution in [0, 0.1) is 0 Å². The molecule has 2 atom stereocenters. The van der Waals surface area contributed by atoms with Crippen molar-refractivity contribution in [3.8, 4) is 0 Å². The number of hydrogen-bond acceptors (Lipinski definition) is 8. The number of likely N-dealkylation sites (tertiary alicyclic amines) is 1. The molecule has 1 aliphatic rings. The maximum absolute atomic E-state index is 12.3. The minimum Gasteiger partial charge on any atom is -0.394 e. The molecule has 30 heavy (non-hydrogen) atoms. The first kappa shape index (κ1) is 27.5. The van der Waals surface area contributed by atoms with E-state index in [9.17, 15) is 14.7 Å². The number of carbonyl (C=O) groups excluding carboxylic acids is 2. The van der Waals surface area contributed by atoms with Gasteiger partial charge in [0.05, 0.1) is 38.6 Å². The van der Waals surface area contributed by atoms with Gasteiger partial charge in [0.15, 0.2) is 0 Å². The quantitative estimate of drug-likeness (QED) is 0.233. The zero-order valence-electron chi connectivity index (χ0n) is 18.3. The van der Waals surface area contributed by atoms with E-state index in [0.29, 0.717) is 58.6 Å². The molecule has 2 amide bonds. The van der Waals surface area contributed by atoms with Crippen LogP contribution in [0.5, 0.6) is 0 Å². The summed E-state index contributed by atoms with van der Waals surface area (Å²) in [5, 5.41) is 12.3. The number of carbonyl (C=O) groups is 2. The van der Waals surface area contributed by atoms with E-state index in [1.807, 2.05) is 6.92 Å². The fraction of sp³-hybridized carbons (Fsp3) is 0.900. The van der Waals surface area contributed by atoms with Crippen LogP contribution in [0.2, 0.25) is 0 Å². The van der Waals surface area contributed by atoms with Gasteiger partial charge in [0.2, 0.25) is 11.8 Å². The standard InChI is InChI=1S/C20H38N2O6S2/c1-3-27-9-10-28-11-13-30-29-12-5-6-19(24)21-8-4-7-20(25)22-15-18(26-2)14-17(22)16-23/h17-18,23H,3-16H2,1-2H3,(H,21,24)/t17-,18+/m1/s1. The highest BCUT2D eigenvalue weighted by atomic mass is 33.1. The number of amides is 2. The number of aliphatic hydroxyl groups is 1. The van der Waals surface area contributed by atoms with Gasteiger partial charge in [-0.1, -0.05) is 21.6 Å². The number of nitrogens with one attached hydrogen (secondary N) is 1. The highest BCUT2D eigenvalue weighted by Crippen LogP contribution is 2.22. The normalized spacial score (nSPS) is 18.7. The summed E-state index contributed by atoms with van der Waals surface area (Å²) in [4.78, 5) is 25.9. The molecule has 0 aromatic rings. The van der Waals surface area contributed by atoms with Crippen molar-refractivity contribution < 1.29 is 28.9 Å². The topological polar surface area (TPSA) is 97.3 Å². The van der Waals surface area contributed by atoms with E-state index in [1.54, 1.807) is 33.6 Å². The van der Waals surface area contributed by atoms with E-state index in [-0.39, 0.29) is 30.6 Å². The van der Waals surface area contributed by atoms with Gasteiger partial charge in [-0.05, 0) is 26.2 Å². The first-order valence-corrected chi connectivity index (χ1v) is 13.2. The number of ether oxygens (including phenoxy) is 3. The summed E-state index contributed by atoms with van der Waals surface area (Å²) in [5.74, 6) is 1.89. The Balaban J connectivity index is 1.94. The Labute approximate surface area is 188 Å². The van der Waals surface area contributed by atoms with E-state index >= 15 is 0 Å². The predicted molar refractivity (Wildman–Crippen MR) is 122 cm³/mol. The van der Waals surface area contributed by atoms with Crippen molar-refractivity contribution >= 4 is 33.4 Å². The van der Waals surface area contributed by atoms with Gasteiger partial charge in [-0.3, -0.25) is 9.59 Å². The second-order valence-corrected chi connectivity index (χ2v) is 9.69. The molecule has 2 N–H and O–H groups in total. The van der Waals surface area contributed by atoms with Gasteiger partial charge in [0.25, 0.3) is 0 Å². The van der Waals surface area contributed by atoms with Crippen LogP contribution < -0.4 is 5.32 Å². The predicted octanol–water partition coefficient (Wildman–Crippen LogP) is 1.71. The van der Waals surface area contributed by atoms with Crippen LogP contribution in [-0.4, -0.2) is 98.7 Å². The van der Waals surface area contributed by atoms with E-state index < -0.39 is 0 Å². The van der Waals surface area contributed by atoms with Crippen molar-refractivity contribution in [2.45, 2.75) is 51.2 Å². The highest BCUT2D eigenvalue weighted by molar-refractivity contribution is 8.76. The third kappa shape index (κ3) is 12.4. The zero-order chi connectivity index (χ0) is 22.0. The third-order valence-electron chi connectivity index (χ3n) is 4.73. The van der Waals surface area contributed by atoms with E-state index in [0.717, 1.165) is 24.5 Å². The van der Waals surface area contributed by atoms with Gasteiger partial charge in [-0.2, -0.15) is 0 Å². The molecule has 8 nitrogen and oxygen atoms in total. The molecular weight excluding hydrogens is 428 g/mol. The molecule has 0 aliphatic carbocycles. The second-order valence-electron chi connectivity index (χ2n) is 6.99. The maximum Gasteiger partial charge on any atom is 0.223 e. The van der Waals surface area contributed by atoms with Gasteiger partial charge in [-0.15, -0.1) is 0 Å².